The molecule has 1 unspecified atom stereocenters. The molecule has 8 rings (SSSR count). The zero-order chi connectivity index (χ0) is 25.1. The van der Waals surface area contributed by atoms with Crippen LogP contribution in [0.5, 0.6) is 0 Å². The highest BCUT2D eigenvalue weighted by molar-refractivity contribution is 6.17. The molecular weight excluding hydrogens is 464 g/mol. The van der Waals surface area contributed by atoms with Gasteiger partial charge in [0, 0.05) is 32.9 Å². The summed E-state index contributed by atoms with van der Waals surface area (Å²) in [6, 6.07) is 40.9. The molecule has 0 spiro atoms. The van der Waals surface area contributed by atoms with Crippen LogP contribution in [0.2, 0.25) is 0 Å². The van der Waals surface area contributed by atoms with E-state index in [4.69, 9.17) is 4.42 Å². The minimum absolute atomic E-state index is 0.0905. The van der Waals surface area contributed by atoms with Crippen LogP contribution in [0.1, 0.15) is 17.2 Å². The first-order valence-electron chi connectivity index (χ1n) is 13.0. The van der Waals surface area contributed by atoms with Crippen molar-refractivity contribution >= 4 is 49.4 Å². The first kappa shape index (κ1) is 21.1. The lowest BCUT2D eigenvalue weighted by atomic mass is 10.0. The maximum atomic E-state index is 6.24. The summed E-state index contributed by atoms with van der Waals surface area (Å²) in [4.78, 5) is 0. The fourth-order valence-corrected chi connectivity index (χ4v) is 5.84. The molecular formula is C35H24N2O. The van der Waals surface area contributed by atoms with Crippen LogP contribution in [0.4, 0.5) is 0 Å². The summed E-state index contributed by atoms with van der Waals surface area (Å²) in [5.74, 6) is 0. The van der Waals surface area contributed by atoms with Crippen LogP contribution in [0.3, 0.4) is 0 Å². The SMILES string of the molecule is C1=CC(c2cccc(-n3c4ccccc4c4cc5oc6ccccc6c5cc43)c2)NC(c2ccccc2)=C1. The van der Waals surface area contributed by atoms with E-state index in [1.54, 1.807) is 0 Å². The van der Waals surface area contributed by atoms with E-state index < -0.39 is 0 Å². The van der Waals surface area contributed by atoms with E-state index in [0.717, 1.165) is 33.3 Å². The number of hydrogen-bond donors (Lipinski definition) is 1. The van der Waals surface area contributed by atoms with Crippen molar-refractivity contribution in [2.75, 3.05) is 0 Å². The average molecular weight is 489 g/mol. The van der Waals surface area contributed by atoms with Gasteiger partial charge in [-0.25, -0.2) is 0 Å². The predicted octanol–water partition coefficient (Wildman–Crippen LogP) is 8.92. The van der Waals surface area contributed by atoms with Crippen molar-refractivity contribution in [3.63, 3.8) is 0 Å². The molecule has 0 bridgehead atoms. The van der Waals surface area contributed by atoms with Gasteiger partial charge in [-0.3, -0.25) is 0 Å². The Hall–Kier alpha value is -5.02. The van der Waals surface area contributed by atoms with Gasteiger partial charge in [0.2, 0.25) is 0 Å². The molecule has 3 nitrogen and oxygen atoms in total. The highest BCUT2D eigenvalue weighted by Crippen LogP contribution is 2.38. The monoisotopic (exact) mass is 488 g/mol. The molecule has 1 aliphatic rings. The quantitative estimate of drug-likeness (QED) is 0.269. The Morgan fingerprint density at radius 2 is 1.42 bits per heavy atom. The van der Waals surface area contributed by atoms with Gasteiger partial charge in [0.25, 0.3) is 0 Å². The third kappa shape index (κ3) is 3.22. The van der Waals surface area contributed by atoms with Gasteiger partial charge in [-0.15, -0.1) is 0 Å². The van der Waals surface area contributed by atoms with Gasteiger partial charge in [0.1, 0.15) is 11.2 Å². The summed E-state index contributed by atoms with van der Waals surface area (Å²) in [5.41, 5.74) is 8.91. The molecule has 1 N–H and O–H groups in total. The summed E-state index contributed by atoms with van der Waals surface area (Å²) in [6.07, 6.45) is 6.51. The normalized spacial score (nSPS) is 15.4. The third-order valence-corrected chi connectivity index (χ3v) is 7.62. The average Bonchev–Trinajstić information content (AvgIpc) is 3.51. The highest BCUT2D eigenvalue weighted by Gasteiger charge is 2.18. The van der Waals surface area contributed by atoms with E-state index in [0.29, 0.717) is 0 Å². The van der Waals surface area contributed by atoms with E-state index in [1.807, 2.05) is 12.1 Å². The largest absolute Gasteiger partial charge is 0.456 e. The zero-order valence-electron chi connectivity index (χ0n) is 20.6. The van der Waals surface area contributed by atoms with Crippen molar-refractivity contribution in [2.45, 2.75) is 6.04 Å². The van der Waals surface area contributed by atoms with Gasteiger partial charge in [0.15, 0.2) is 0 Å². The molecule has 38 heavy (non-hydrogen) atoms. The first-order valence-corrected chi connectivity index (χ1v) is 13.0. The van der Waals surface area contributed by atoms with Crippen LogP contribution >= 0.6 is 0 Å². The summed E-state index contributed by atoms with van der Waals surface area (Å²) >= 11 is 0. The number of para-hydroxylation sites is 2. The Labute approximate surface area is 219 Å². The lowest BCUT2D eigenvalue weighted by molar-refractivity contribution is 0.669. The summed E-state index contributed by atoms with van der Waals surface area (Å²) in [7, 11) is 0. The Morgan fingerprint density at radius 3 is 2.34 bits per heavy atom. The molecule has 1 aliphatic heterocycles. The predicted molar refractivity (Wildman–Crippen MR) is 157 cm³/mol. The number of rotatable bonds is 3. The summed E-state index contributed by atoms with van der Waals surface area (Å²) in [6.45, 7) is 0. The van der Waals surface area contributed by atoms with Crippen LogP contribution in [-0.4, -0.2) is 4.57 Å². The molecule has 7 aromatic rings. The number of dihydropyridines is 1. The number of nitrogens with one attached hydrogen (secondary N) is 1. The van der Waals surface area contributed by atoms with Crippen LogP contribution in [0.25, 0.3) is 55.1 Å². The zero-order valence-corrected chi connectivity index (χ0v) is 20.6. The van der Waals surface area contributed by atoms with Crippen LogP contribution < -0.4 is 5.32 Å². The number of allylic oxidation sites excluding steroid dienone is 2. The van der Waals surface area contributed by atoms with Crippen LogP contribution in [-0.2, 0) is 0 Å². The Kier molecular flexibility index (Phi) is 4.58. The smallest absolute Gasteiger partial charge is 0.136 e. The van der Waals surface area contributed by atoms with E-state index in [-0.39, 0.29) is 6.04 Å². The number of benzene rings is 5. The van der Waals surface area contributed by atoms with Gasteiger partial charge in [-0.1, -0.05) is 91.0 Å². The fourth-order valence-electron chi connectivity index (χ4n) is 5.84. The van der Waals surface area contributed by atoms with Crippen molar-refractivity contribution in [2.24, 2.45) is 0 Å². The van der Waals surface area contributed by atoms with Crippen molar-refractivity contribution < 1.29 is 4.42 Å². The van der Waals surface area contributed by atoms with E-state index in [2.05, 4.69) is 131 Å². The molecule has 2 aromatic heterocycles. The topological polar surface area (TPSA) is 30.1 Å². The second-order valence-electron chi connectivity index (χ2n) is 9.86. The van der Waals surface area contributed by atoms with Gasteiger partial charge in [-0.2, -0.15) is 0 Å². The van der Waals surface area contributed by atoms with Crippen molar-refractivity contribution in [1.29, 1.82) is 0 Å². The van der Waals surface area contributed by atoms with E-state index >= 15 is 0 Å². The Balaban J connectivity index is 1.30. The minimum atomic E-state index is 0.0905. The maximum Gasteiger partial charge on any atom is 0.136 e. The molecule has 0 aliphatic carbocycles. The molecule has 0 fully saturated rings. The maximum absolute atomic E-state index is 6.24. The molecule has 0 saturated carbocycles. The highest BCUT2D eigenvalue weighted by atomic mass is 16.3. The van der Waals surface area contributed by atoms with Crippen LogP contribution in [0.15, 0.2) is 138 Å². The molecule has 1 atom stereocenters. The minimum Gasteiger partial charge on any atom is -0.456 e. The Morgan fingerprint density at radius 1 is 0.605 bits per heavy atom. The van der Waals surface area contributed by atoms with Crippen molar-refractivity contribution in [3.05, 3.63) is 145 Å². The molecule has 3 heteroatoms. The number of furan rings is 1. The van der Waals surface area contributed by atoms with Gasteiger partial charge in [0.05, 0.1) is 17.1 Å². The Bertz CT molecular complexity index is 2060. The molecule has 5 aromatic carbocycles. The lowest BCUT2D eigenvalue weighted by Crippen LogP contribution is -2.20. The summed E-state index contributed by atoms with van der Waals surface area (Å²) < 4.78 is 8.62. The van der Waals surface area contributed by atoms with Crippen molar-refractivity contribution in [1.82, 2.24) is 9.88 Å². The van der Waals surface area contributed by atoms with Gasteiger partial charge in [-0.05, 0) is 53.6 Å². The van der Waals surface area contributed by atoms with E-state index in [1.165, 1.54) is 32.9 Å². The van der Waals surface area contributed by atoms with Crippen LogP contribution in [0, 0.1) is 0 Å². The number of aromatic nitrogens is 1. The molecule has 0 amide bonds. The standard InChI is InChI=1S/C35H24N2O/c1-2-10-23(11-3-1)30-16-9-17-31(36-30)24-12-8-13-25(20-24)37-32-18-6-4-14-26(32)28-22-35-29(21-33(28)37)27-15-5-7-19-34(27)38-35/h1-22,31,36H. The first-order chi connectivity index (χ1) is 18.8. The molecule has 180 valence electrons. The number of hydrogen-bond acceptors (Lipinski definition) is 2. The molecule has 3 heterocycles. The lowest BCUT2D eigenvalue weighted by Gasteiger charge is -2.23. The third-order valence-electron chi connectivity index (χ3n) is 7.62. The van der Waals surface area contributed by atoms with Crippen molar-refractivity contribution in [3.8, 4) is 5.69 Å². The molecule has 0 radical (unpaired) electrons. The second kappa shape index (κ2) is 8.25. The summed E-state index contributed by atoms with van der Waals surface area (Å²) in [5, 5.41) is 8.43. The number of nitrogens with zero attached hydrogens (tertiary/aromatic N) is 1. The second-order valence-corrected chi connectivity index (χ2v) is 9.86. The molecule has 0 saturated heterocycles. The van der Waals surface area contributed by atoms with E-state index in [9.17, 15) is 0 Å². The number of fused-ring (bicyclic) bond motifs is 6. The van der Waals surface area contributed by atoms with Gasteiger partial charge < -0.3 is 14.3 Å². The van der Waals surface area contributed by atoms with Gasteiger partial charge >= 0.3 is 0 Å². The fraction of sp³-hybridized carbons (Fsp3) is 0.0286.